The number of anilines is 2. The van der Waals surface area contributed by atoms with Crippen molar-refractivity contribution in [2.24, 2.45) is 0 Å². The number of carbonyl (C=O) groups excluding carboxylic acids is 2. The zero-order chi connectivity index (χ0) is 33.3. The molecule has 0 aliphatic heterocycles. The Morgan fingerprint density at radius 3 is 1.36 bits per heavy atom. The Labute approximate surface area is 270 Å². The Hall–Kier alpha value is -2.54. The number of hydrogen-bond donors (Lipinski definition) is 0. The molecular weight excluding hydrogens is 876 g/mol. The molecule has 0 aliphatic carbocycles. The summed E-state index contributed by atoms with van der Waals surface area (Å²) in [7, 11) is -2.54. The summed E-state index contributed by atoms with van der Waals surface area (Å²) in [6.45, 7) is 30.1. The monoisotopic (exact) mass is 937 g/mol. The predicted octanol–water partition coefficient (Wildman–Crippen LogP) is 8.45. The molecule has 2 rings (SSSR count). The summed E-state index contributed by atoms with van der Waals surface area (Å²) in [6, 6.07) is 21.0. The molecule has 2 amide bonds. The van der Waals surface area contributed by atoms with Crippen LogP contribution in [0.1, 0.15) is 13.3 Å². The molecule has 0 aromatic heterocycles. The second kappa shape index (κ2) is 16.7. The molecule has 0 saturated heterocycles. The molecule has 0 bridgehead atoms. The Kier molecular flexibility index (Phi) is 15.7. The maximum absolute atomic E-state index is 11.0. The quantitative estimate of drug-likeness (QED) is 0.102. The standard InChI is InChI=1S/C21H42NOSi4.C13H20NOSi.Rf/c1-22(17-23)20-12-11-13-21(16-20)27(9,10)15-14-25(5,6)19-26(7,8)18-24(2,3)4;1-5-9-16(3,4)13-8-6-7-12(10-13)14(2)11-15;/h11-13,16H,14-15,18-19H2,1-10H3;6-8,10H,5,9H2,1-4H3;/q2*-1;. The number of rotatable bonds is 15. The topological polar surface area (TPSA) is 40.6 Å². The first-order valence-corrected chi connectivity index (χ1v) is 33.0. The van der Waals surface area contributed by atoms with Crippen molar-refractivity contribution in [1.82, 2.24) is 0 Å². The van der Waals surface area contributed by atoms with E-state index in [0.717, 1.165) is 11.4 Å². The van der Waals surface area contributed by atoms with E-state index in [9.17, 15) is 9.59 Å². The number of benzene rings is 2. The predicted molar refractivity (Wildman–Crippen MR) is 208 cm³/mol. The molecule has 0 spiro atoms. The van der Waals surface area contributed by atoms with E-state index in [0.29, 0.717) is 0 Å². The maximum Gasteiger partial charge on any atom is 0.0787 e. The summed E-state index contributed by atoms with van der Waals surface area (Å²) in [5.74, 6) is 0. The molecule has 0 fully saturated rings. The minimum atomic E-state index is -1.50. The van der Waals surface area contributed by atoms with E-state index in [-0.39, 0.29) is 0 Å². The van der Waals surface area contributed by atoms with Crippen molar-refractivity contribution >= 4 is 74.9 Å². The fourth-order valence-corrected chi connectivity index (χ4v) is 40.2. The third-order valence-corrected chi connectivity index (χ3v) is 33.4. The van der Waals surface area contributed by atoms with Gasteiger partial charge in [-0.25, -0.2) is 0 Å². The first-order valence-electron chi connectivity index (χ1n) is 16.0. The Morgan fingerprint density at radius 2 is 1.00 bits per heavy atom. The molecule has 0 radical (unpaired) electrons. The molecule has 0 N–H and O–H groups in total. The largest absolute Gasteiger partial charge is 0.479 e. The van der Waals surface area contributed by atoms with Gasteiger partial charge in [-0.3, -0.25) is 0 Å². The van der Waals surface area contributed by atoms with Gasteiger partial charge in [-0.1, -0.05) is 149 Å². The van der Waals surface area contributed by atoms with Crippen molar-refractivity contribution in [2.45, 2.75) is 115 Å². The van der Waals surface area contributed by atoms with E-state index in [1.54, 1.807) is 30.3 Å². The Morgan fingerprint density at radius 1 is 0.591 bits per heavy atom. The van der Waals surface area contributed by atoms with E-state index >= 15 is 0 Å². The Bertz CT molecular complexity index is 1180. The number of amides is 2. The van der Waals surface area contributed by atoms with Gasteiger partial charge in [-0.05, 0) is 14.1 Å². The molecule has 0 atom stereocenters. The third kappa shape index (κ3) is 14.1. The third-order valence-electron chi connectivity index (χ3n) is 8.57. The van der Waals surface area contributed by atoms with Crippen LogP contribution in [0, 0.1) is 0 Å². The van der Waals surface area contributed by atoms with E-state index < -0.39 is 40.4 Å². The molecule has 0 saturated carbocycles. The summed E-state index contributed by atoms with van der Waals surface area (Å²) in [4.78, 5) is 24.6. The fourth-order valence-electron chi connectivity index (χ4n) is 6.82. The van der Waals surface area contributed by atoms with E-state index in [4.69, 9.17) is 0 Å². The van der Waals surface area contributed by atoms with Gasteiger partial charge < -0.3 is 19.4 Å². The van der Waals surface area contributed by atoms with Crippen LogP contribution in [0.15, 0.2) is 48.5 Å². The van der Waals surface area contributed by atoms with Crippen LogP contribution < -0.4 is 20.2 Å². The summed E-state index contributed by atoms with van der Waals surface area (Å²) < 4.78 is 0. The minimum absolute atomic E-state index is 0. The van der Waals surface area contributed by atoms with Crippen LogP contribution >= 0.6 is 0 Å². The van der Waals surface area contributed by atoms with Crippen molar-refractivity contribution in [3.8, 4) is 0 Å². The van der Waals surface area contributed by atoms with Crippen LogP contribution in [0.2, 0.25) is 101 Å². The van der Waals surface area contributed by atoms with Gasteiger partial charge in [-0.2, -0.15) is 0 Å². The van der Waals surface area contributed by atoms with E-state index in [2.05, 4.69) is 109 Å². The Balaban J connectivity index is 0.000000929. The SMILES string of the molecule is CCC[Si](C)(C)c1cccc(N(C)[C-]=O)c1.CN([C-]=O)c1cccc([Si](C)(C)CC[Si](C)(C)C[Si](C)(C)C[Si](C)(C)C)c1.[Rf]. The normalized spacial score (nSPS) is 12.4. The van der Waals surface area contributed by atoms with Crippen LogP contribution in [0.3, 0.4) is 0 Å². The summed E-state index contributed by atoms with van der Waals surface area (Å²) in [5, 5.41) is 2.87. The van der Waals surface area contributed by atoms with Crippen LogP contribution in [0.25, 0.3) is 0 Å². The molecule has 0 heterocycles. The average Bonchev–Trinajstić information content (AvgIpc) is 2.89. The number of hydrogen-bond acceptors (Lipinski definition) is 2. The second-order valence-corrected chi connectivity index (χ2v) is 43.5. The van der Waals surface area contributed by atoms with Crippen molar-refractivity contribution in [3.05, 3.63) is 48.5 Å². The molecule has 4 nitrogen and oxygen atoms in total. The minimum Gasteiger partial charge on any atom is -0.479 e. The van der Waals surface area contributed by atoms with Gasteiger partial charge in [-0.15, -0.1) is 35.6 Å². The van der Waals surface area contributed by atoms with E-state index in [1.807, 2.05) is 31.0 Å². The maximum atomic E-state index is 11.0. The van der Waals surface area contributed by atoms with Gasteiger partial charge in [0.2, 0.25) is 0 Å². The fraction of sp³-hybridized carbons (Fsp3) is 0.588. The van der Waals surface area contributed by atoms with E-state index in [1.165, 1.54) is 39.8 Å². The van der Waals surface area contributed by atoms with Crippen LogP contribution in [0.5, 0.6) is 0 Å². The molecule has 0 aliphatic rings. The summed E-state index contributed by atoms with van der Waals surface area (Å²) in [6.07, 6.45) is 5.09. The van der Waals surface area contributed by atoms with Crippen LogP contribution in [-0.2, 0) is 9.59 Å². The van der Waals surface area contributed by atoms with Crippen molar-refractivity contribution in [3.63, 3.8) is 0 Å². The van der Waals surface area contributed by atoms with Gasteiger partial charge in [0.1, 0.15) is 0 Å². The molecule has 10 heteroatoms. The van der Waals surface area contributed by atoms with Crippen LogP contribution in [-0.4, -0.2) is 67.3 Å². The van der Waals surface area contributed by atoms with Gasteiger partial charge in [0, 0.05) is 24.2 Å². The molecule has 2 aromatic carbocycles. The zero-order valence-electron chi connectivity index (χ0n) is 30.8. The first-order chi connectivity index (χ1) is 19.6. The smallest absolute Gasteiger partial charge is 0.0787 e. The van der Waals surface area contributed by atoms with Crippen molar-refractivity contribution in [1.29, 1.82) is 0 Å². The van der Waals surface area contributed by atoms with Gasteiger partial charge in [0.25, 0.3) is 0 Å². The molecule has 244 valence electrons. The van der Waals surface area contributed by atoms with Crippen LogP contribution in [0.4, 0.5) is 11.4 Å². The van der Waals surface area contributed by atoms with Gasteiger partial charge >= 0.3 is 0 Å². The molecule has 2 aromatic rings. The van der Waals surface area contributed by atoms with Gasteiger partial charge in [0.05, 0.1) is 29.0 Å². The molecule has 44 heavy (non-hydrogen) atoms. The van der Waals surface area contributed by atoms with Crippen molar-refractivity contribution in [2.75, 3.05) is 23.9 Å². The summed E-state index contributed by atoms with van der Waals surface area (Å²) >= 11 is 0. The van der Waals surface area contributed by atoms with Gasteiger partial charge in [0.15, 0.2) is 0 Å². The van der Waals surface area contributed by atoms with Crippen molar-refractivity contribution < 1.29 is 9.59 Å². The summed E-state index contributed by atoms with van der Waals surface area (Å²) in [5.41, 5.74) is 5.03. The number of nitrogens with zero attached hydrogens (tertiary/aromatic N) is 2. The molecular formula is C34H62N2O2RfSi5-2. The second-order valence-electron chi connectivity index (χ2n) is 16.7. The average molecular weight is 938 g/mol. The zero-order valence-corrected chi connectivity index (χ0v) is 42.2. The first kappa shape index (κ1) is 41.5. The molecule has 0 unspecified atom stereocenters.